The van der Waals surface area contributed by atoms with Crippen LogP contribution in [0.1, 0.15) is 0 Å². The number of hydrogen-bond donors (Lipinski definition) is 1. The Morgan fingerprint density at radius 1 is 1.62 bits per heavy atom. The summed E-state index contributed by atoms with van der Waals surface area (Å²) in [7, 11) is 1.64. The SMILES string of the molecule is COc1ccnc(NC2COC2)c1. The second-order valence-electron chi connectivity index (χ2n) is 2.96. The van der Waals surface area contributed by atoms with E-state index in [1.165, 1.54) is 0 Å². The minimum Gasteiger partial charge on any atom is -0.497 e. The highest BCUT2D eigenvalue weighted by Gasteiger charge is 2.18. The van der Waals surface area contributed by atoms with Gasteiger partial charge >= 0.3 is 0 Å². The van der Waals surface area contributed by atoms with Crippen LogP contribution in [-0.2, 0) is 4.74 Å². The van der Waals surface area contributed by atoms with E-state index >= 15 is 0 Å². The first-order chi connectivity index (χ1) is 6.38. The van der Waals surface area contributed by atoms with Crippen LogP contribution >= 0.6 is 0 Å². The second kappa shape index (κ2) is 3.62. The van der Waals surface area contributed by atoms with Gasteiger partial charge in [-0.05, 0) is 6.07 Å². The van der Waals surface area contributed by atoms with E-state index in [9.17, 15) is 0 Å². The molecule has 1 aliphatic heterocycles. The molecule has 1 fully saturated rings. The monoisotopic (exact) mass is 180 g/mol. The van der Waals surface area contributed by atoms with Crippen LogP contribution in [0.15, 0.2) is 18.3 Å². The molecule has 0 bridgehead atoms. The summed E-state index contributed by atoms with van der Waals surface area (Å²) in [6, 6.07) is 4.10. The topological polar surface area (TPSA) is 43.4 Å². The van der Waals surface area contributed by atoms with Gasteiger partial charge in [-0.1, -0.05) is 0 Å². The van der Waals surface area contributed by atoms with Gasteiger partial charge in [0.25, 0.3) is 0 Å². The number of nitrogens with zero attached hydrogens (tertiary/aromatic N) is 1. The van der Waals surface area contributed by atoms with Gasteiger partial charge in [-0.25, -0.2) is 4.98 Å². The van der Waals surface area contributed by atoms with Gasteiger partial charge in [-0.3, -0.25) is 0 Å². The van der Waals surface area contributed by atoms with E-state index < -0.39 is 0 Å². The minimum absolute atomic E-state index is 0.402. The van der Waals surface area contributed by atoms with Gasteiger partial charge in [-0.15, -0.1) is 0 Å². The molecule has 0 amide bonds. The Labute approximate surface area is 76.9 Å². The van der Waals surface area contributed by atoms with Crippen LogP contribution in [0.3, 0.4) is 0 Å². The maximum atomic E-state index is 5.08. The van der Waals surface area contributed by atoms with Crippen molar-refractivity contribution in [2.24, 2.45) is 0 Å². The Morgan fingerprint density at radius 2 is 2.46 bits per heavy atom. The molecule has 1 aliphatic rings. The van der Waals surface area contributed by atoms with E-state index in [0.717, 1.165) is 24.8 Å². The highest BCUT2D eigenvalue weighted by molar-refractivity contribution is 5.41. The number of ether oxygens (including phenoxy) is 2. The summed E-state index contributed by atoms with van der Waals surface area (Å²) in [6.45, 7) is 1.53. The summed E-state index contributed by atoms with van der Waals surface area (Å²) in [5.41, 5.74) is 0. The molecule has 0 unspecified atom stereocenters. The lowest BCUT2D eigenvalue weighted by Crippen LogP contribution is -2.40. The lowest BCUT2D eigenvalue weighted by Gasteiger charge is -2.27. The molecule has 1 aromatic heterocycles. The highest BCUT2D eigenvalue weighted by atomic mass is 16.5. The first-order valence-electron chi connectivity index (χ1n) is 4.23. The van der Waals surface area contributed by atoms with Crippen LogP contribution in [0, 0.1) is 0 Å². The van der Waals surface area contributed by atoms with Crippen molar-refractivity contribution in [2.45, 2.75) is 6.04 Å². The molecule has 0 aliphatic carbocycles. The number of nitrogens with one attached hydrogen (secondary N) is 1. The van der Waals surface area contributed by atoms with Gasteiger partial charge in [0.2, 0.25) is 0 Å². The van der Waals surface area contributed by atoms with Crippen LogP contribution in [-0.4, -0.2) is 31.3 Å². The van der Waals surface area contributed by atoms with Crippen molar-refractivity contribution in [1.29, 1.82) is 0 Å². The maximum absolute atomic E-state index is 5.08. The van der Waals surface area contributed by atoms with Gasteiger partial charge in [0, 0.05) is 12.3 Å². The summed E-state index contributed by atoms with van der Waals surface area (Å²) in [4.78, 5) is 4.16. The fourth-order valence-corrected chi connectivity index (χ4v) is 1.15. The van der Waals surface area contributed by atoms with Crippen LogP contribution in [0.25, 0.3) is 0 Å². The van der Waals surface area contributed by atoms with Crippen molar-refractivity contribution in [3.63, 3.8) is 0 Å². The average molecular weight is 180 g/mol. The first-order valence-corrected chi connectivity index (χ1v) is 4.23. The molecule has 13 heavy (non-hydrogen) atoms. The molecule has 1 aromatic rings. The molecule has 2 heterocycles. The molecule has 0 radical (unpaired) electrons. The van der Waals surface area contributed by atoms with Crippen LogP contribution in [0.5, 0.6) is 5.75 Å². The molecule has 1 N–H and O–H groups in total. The maximum Gasteiger partial charge on any atom is 0.129 e. The largest absolute Gasteiger partial charge is 0.497 e. The number of hydrogen-bond acceptors (Lipinski definition) is 4. The number of methoxy groups -OCH3 is 1. The molecule has 0 aromatic carbocycles. The van der Waals surface area contributed by atoms with Crippen molar-refractivity contribution in [3.05, 3.63) is 18.3 Å². The summed E-state index contributed by atoms with van der Waals surface area (Å²) >= 11 is 0. The smallest absolute Gasteiger partial charge is 0.129 e. The van der Waals surface area contributed by atoms with Crippen LogP contribution < -0.4 is 10.1 Å². The van der Waals surface area contributed by atoms with E-state index in [1.807, 2.05) is 12.1 Å². The predicted molar refractivity (Wildman–Crippen MR) is 49.0 cm³/mol. The quantitative estimate of drug-likeness (QED) is 0.750. The summed E-state index contributed by atoms with van der Waals surface area (Å²) < 4.78 is 10.1. The number of aromatic nitrogens is 1. The van der Waals surface area contributed by atoms with Gasteiger partial charge in [0.05, 0.1) is 26.4 Å². The average Bonchev–Trinajstić information content (AvgIpc) is 2.12. The van der Waals surface area contributed by atoms with Crippen molar-refractivity contribution < 1.29 is 9.47 Å². The van der Waals surface area contributed by atoms with Crippen molar-refractivity contribution in [2.75, 3.05) is 25.6 Å². The second-order valence-corrected chi connectivity index (χ2v) is 2.96. The van der Waals surface area contributed by atoms with E-state index in [2.05, 4.69) is 10.3 Å². The predicted octanol–water partition coefficient (Wildman–Crippen LogP) is 0.901. The Bertz CT molecular complexity index is 287. The van der Waals surface area contributed by atoms with Crippen molar-refractivity contribution >= 4 is 5.82 Å². The van der Waals surface area contributed by atoms with Crippen LogP contribution in [0.2, 0.25) is 0 Å². The van der Waals surface area contributed by atoms with Crippen molar-refractivity contribution in [3.8, 4) is 5.75 Å². The Hall–Kier alpha value is -1.29. The normalized spacial score (nSPS) is 16.4. The molecule has 70 valence electrons. The molecular formula is C9H12N2O2. The zero-order chi connectivity index (χ0) is 9.10. The molecule has 1 saturated heterocycles. The summed E-state index contributed by atoms with van der Waals surface area (Å²) in [5, 5.41) is 3.24. The lowest BCUT2D eigenvalue weighted by molar-refractivity contribution is 0.0209. The standard InChI is InChI=1S/C9H12N2O2/c1-12-8-2-3-10-9(4-8)11-7-5-13-6-7/h2-4,7H,5-6H2,1H3,(H,10,11). The Kier molecular flexibility index (Phi) is 2.31. The molecule has 0 saturated carbocycles. The first kappa shape index (κ1) is 8.31. The van der Waals surface area contributed by atoms with E-state index in [-0.39, 0.29) is 0 Å². The van der Waals surface area contributed by atoms with Gasteiger partial charge < -0.3 is 14.8 Å². The van der Waals surface area contributed by atoms with E-state index in [0.29, 0.717) is 6.04 Å². The zero-order valence-electron chi connectivity index (χ0n) is 7.49. The molecular weight excluding hydrogens is 168 g/mol. The fraction of sp³-hybridized carbons (Fsp3) is 0.444. The summed E-state index contributed by atoms with van der Waals surface area (Å²) in [5.74, 6) is 1.66. The van der Waals surface area contributed by atoms with Crippen LogP contribution in [0.4, 0.5) is 5.82 Å². The zero-order valence-corrected chi connectivity index (χ0v) is 7.49. The Morgan fingerprint density at radius 3 is 3.08 bits per heavy atom. The Balaban J connectivity index is 2.01. The summed E-state index contributed by atoms with van der Waals surface area (Å²) in [6.07, 6.45) is 1.72. The van der Waals surface area contributed by atoms with Gasteiger partial charge in [-0.2, -0.15) is 0 Å². The van der Waals surface area contributed by atoms with E-state index in [1.54, 1.807) is 13.3 Å². The fourth-order valence-electron chi connectivity index (χ4n) is 1.15. The third-order valence-corrected chi connectivity index (χ3v) is 1.96. The van der Waals surface area contributed by atoms with Gasteiger partial charge in [0.1, 0.15) is 11.6 Å². The molecule has 2 rings (SSSR count). The number of pyridine rings is 1. The third-order valence-electron chi connectivity index (χ3n) is 1.96. The highest BCUT2D eigenvalue weighted by Crippen LogP contribution is 2.16. The molecule has 4 nitrogen and oxygen atoms in total. The molecule has 0 spiro atoms. The number of anilines is 1. The molecule has 0 atom stereocenters. The lowest BCUT2D eigenvalue weighted by atomic mass is 10.2. The third kappa shape index (κ3) is 1.89. The molecule has 4 heteroatoms. The van der Waals surface area contributed by atoms with Crippen molar-refractivity contribution in [1.82, 2.24) is 4.98 Å². The number of rotatable bonds is 3. The minimum atomic E-state index is 0.402. The van der Waals surface area contributed by atoms with Gasteiger partial charge in [0.15, 0.2) is 0 Å². The van der Waals surface area contributed by atoms with E-state index in [4.69, 9.17) is 9.47 Å².